The summed E-state index contributed by atoms with van der Waals surface area (Å²) in [5.74, 6) is -0.0392. The van der Waals surface area contributed by atoms with Gasteiger partial charge in [0.25, 0.3) is 0 Å². The number of carbonyl (C=O) groups excluding carboxylic acids is 1. The number of nitrogens with zero attached hydrogens (tertiary/aromatic N) is 3. The first-order valence-corrected chi connectivity index (χ1v) is 7.18. The quantitative estimate of drug-likeness (QED) is 0.669. The van der Waals surface area contributed by atoms with Crippen LogP contribution in [0.1, 0.15) is 19.3 Å². The van der Waals surface area contributed by atoms with Gasteiger partial charge in [-0.05, 0) is 35.2 Å². The number of amides is 1. The van der Waals surface area contributed by atoms with Crippen molar-refractivity contribution in [1.29, 1.82) is 0 Å². The molecule has 0 aromatic carbocycles. The van der Waals surface area contributed by atoms with Crippen molar-refractivity contribution in [2.75, 3.05) is 25.0 Å². The van der Waals surface area contributed by atoms with Gasteiger partial charge in [0.2, 0.25) is 5.91 Å². The number of likely N-dealkylation sites (tertiary alicyclic amines) is 1. The topological polar surface area (TPSA) is 88.4 Å². The number of halogens is 1. The first kappa shape index (κ1) is 14.7. The summed E-state index contributed by atoms with van der Waals surface area (Å²) >= 11 is 3.21. The highest BCUT2D eigenvalue weighted by atomic mass is 79.9. The first-order valence-electron chi connectivity index (χ1n) is 6.39. The van der Waals surface area contributed by atoms with Crippen LogP contribution in [-0.2, 0) is 4.79 Å². The zero-order valence-corrected chi connectivity index (χ0v) is 12.4. The Kier molecular flexibility index (Phi) is 4.89. The van der Waals surface area contributed by atoms with Crippen LogP contribution >= 0.6 is 15.9 Å². The van der Waals surface area contributed by atoms with E-state index < -0.39 is 4.92 Å². The van der Waals surface area contributed by atoms with Crippen molar-refractivity contribution in [1.82, 2.24) is 9.88 Å². The maximum atomic E-state index is 12.0. The lowest BCUT2D eigenvalue weighted by Gasteiger charge is -2.26. The van der Waals surface area contributed by atoms with Gasteiger partial charge in [-0.25, -0.2) is 0 Å². The normalized spacial score (nSPS) is 14.9. The summed E-state index contributed by atoms with van der Waals surface area (Å²) in [6, 6.07) is 0. The van der Waals surface area contributed by atoms with Crippen LogP contribution in [0.25, 0.3) is 0 Å². The minimum Gasteiger partial charge on any atom is -0.370 e. The first-order chi connectivity index (χ1) is 9.59. The van der Waals surface area contributed by atoms with Gasteiger partial charge in [0.1, 0.15) is 11.9 Å². The van der Waals surface area contributed by atoms with E-state index in [2.05, 4.69) is 26.2 Å². The Morgan fingerprint density at radius 3 is 2.75 bits per heavy atom. The molecule has 1 saturated heterocycles. The predicted octanol–water partition coefficient (Wildman–Crippen LogP) is 2.18. The van der Waals surface area contributed by atoms with E-state index in [1.165, 1.54) is 12.4 Å². The Labute approximate surface area is 124 Å². The Hall–Kier alpha value is -1.70. The van der Waals surface area contributed by atoms with Gasteiger partial charge in [-0.15, -0.1) is 0 Å². The van der Waals surface area contributed by atoms with Crippen molar-refractivity contribution in [2.24, 2.45) is 0 Å². The fraction of sp³-hybridized carbons (Fsp3) is 0.500. The number of anilines is 1. The SMILES string of the molecule is O=C(CNc1c(Br)cncc1[N+](=O)[O-])N1CCCCC1. The lowest BCUT2D eigenvalue weighted by atomic mass is 10.1. The van der Waals surface area contributed by atoms with E-state index in [0.717, 1.165) is 32.4 Å². The lowest BCUT2D eigenvalue weighted by Crippen LogP contribution is -2.39. The highest BCUT2D eigenvalue weighted by molar-refractivity contribution is 9.10. The largest absolute Gasteiger partial charge is 0.370 e. The van der Waals surface area contributed by atoms with E-state index in [4.69, 9.17) is 0 Å². The van der Waals surface area contributed by atoms with Crippen LogP contribution in [0.2, 0.25) is 0 Å². The molecule has 0 spiro atoms. The molecule has 0 radical (unpaired) electrons. The third-order valence-electron chi connectivity index (χ3n) is 3.20. The molecule has 0 bridgehead atoms. The number of aromatic nitrogens is 1. The maximum Gasteiger partial charge on any atom is 0.311 e. The molecule has 2 heterocycles. The van der Waals surface area contributed by atoms with E-state index in [9.17, 15) is 14.9 Å². The highest BCUT2D eigenvalue weighted by Crippen LogP contribution is 2.30. The summed E-state index contributed by atoms with van der Waals surface area (Å²) in [6.45, 7) is 1.57. The predicted molar refractivity (Wildman–Crippen MR) is 77.5 cm³/mol. The second-order valence-corrected chi connectivity index (χ2v) is 5.42. The number of carbonyl (C=O) groups is 1. The Bertz CT molecular complexity index is 517. The molecule has 7 nitrogen and oxygen atoms in total. The molecule has 20 heavy (non-hydrogen) atoms. The zero-order valence-electron chi connectivity index (χ0n) is 10.8. The molecule has 108 valence electrons. The number of pyridine rings is 1. The minimum atomic E-state index is -0.522. The molecule has 1 amide bonds. The number of nitro groups is 1. The monoisotopic (exact) mass is 342 g/mol. The molecule has 1 aliphatic rings. The van der Waals surface area contributed by atoms with Crippen LogP contribution in [-0.4, -0.2) is 40.3 Å². The molecule has 0 aliphatic carbocycles. The molecule has 8 heteroatoms. The average Bonchev–Trinajstić information content (AvgIpc) is 2.46. The van der Waals surface area contributed by atoms with Gasteiger partial charge < -0.3 is 10.2 Å². The Balaban J connectivity index is 2.03. The van der Waals surface area contributed by atoms with Crippen molar-refractivity contribution in [3.05, 3.63) is 27.0 Å². The van der Waals surface area contributed by atoms with Gasteiger partial charge in [0.15, 0.2) is 0 Å². The summed E-state index contributed by atoms with van der Waals surface area (Å²) in [7, 11) is 0. The second-order valence-electron chi connectivity index (χ2n) is 4.57. The van der Waals surface area contributed by atoms with Gasteiger partial charge in [0.05, 0.1) is 15.9 Å². The van der Waals surface area contributed by atoms with Crippen molar-refractivity contribution >= 4 is 33.2 Å². The van der Waals surface area contributed by atoms with Crippen LogP contribution in [0.4, 0.5) is 11.4 Å². The molecule has 0 unspecified atom stereocenters. The van der Waals surface area contributed by atoms with E-state index in [-0.39, 0.29) is 23.8 Å². The zero-order chi connectivity index (χ0) is 14.5. The average molecular weight is 343 g/mol. The smallest absolute Gasteiger partial charge is 0.311 e. The third kappa shape index (κ3) is 3.44. The summed E-state index contributed by atoms with van der Waals surface area (Å²) in [5, 5.41) is 13.8. The third-order valence-corrected chi connectivity index (χ3v) is 3.80. The van der Waals surface area contributed by atoms with Crippen LogP contribution in [0.3, 0.4) is 0 Å². The second kappa shape index (κ2) is 6.65. The van der Waals surface area contributed by atoms with E-state index >= 15 is 0 Å². The van der Waals surface area contributed by atoms with E-state index in [0.29, 0.717) is 4.47 Å². The van der Waals surface area contributed by atoms with Crippen LogP contribution < -0.4 is 5.32 Å². The number of hydrogen-bond donors (Lipinski definition) is 1. The van der Waals surface area contributed by atoms with Gasteiger partial charge >= 0.3 is 5.69 Å². The molecule has 2 rings (SSSR count). The van der Waals surface area contributed by atoms with Gasteiger partial charge in [-0.1, -0.05) is 0 Å². The molecule has 0 atom stereocenters. The number of rotatable bonds is 4. The lowest BCUT2D eigenvalue weighted by molar-refractivity contribution is -0.384. The molecule has 1 fully saturated rings. The maximum absolute atomic E-state index is 12.0. The summed E-state index contributed by atoms with van der Waals surface area (Å²) < 4.78 is 0.471. The highest BCUT2D eigenvalue weighted by Gasteiger charge is 2.20. The van der Waals surface area contributed by atoms with E-state index in [1.54, 1.807) is 4.90 Å². The molecular weight excluding hydrogens is 328 g/mol. The molecule has 1 aromatic rings. The Morgan fingerprint density at radius 1 is 1.40 bits per heavy atom. The summed E-state index contributed by atoms with van der Waals surface area (Å²) in [5.41, 5.74) is 0.140. The minimum absolute atomic E-state index is 0.0392. The van der Waals surface area contributed by atoms with Crippen LogP contribution in [0.5, 0.6) is 0 Å². The van der Waals surface area contributed by atoms with Crippen LogP contribution in [0.15, 0.2) is 16.9 Å². The van der Waals surface area contributed by atoms with E-state index in [1.807, 2.05) is 0 Å². The van der Waals surface area contributed by atoms with Crippen molar-refractivity contribution in [3.63, 3.8) is 0 Å². The van der Waals surface area contributed by atoms with Crippen molar-refractivity contribution in [2.45, 2.75) is 19.3 Å². The number of piperidine rings is 1. The molecule has 1 aromatic heterocycles. The van der Waals surface area contributed by atoms with Crippen molar-refractivity contribution in [3.8, 4) is 0 Å². The molecule has 1 N–H and O–H groups in total. The fourth-order valence-corrected chi connectivity index (χ4v) is 2.62. The molecular formula is C12H15BrN4O3. The fourth-order valence-electron chi connectivity index (χ4n) is 2.16. The van der Waals surface area contributed by atoms with Crippen LogP contribution in [0, 0.1) is 10.1 Å². The van der Waals surface area contributed by atoms with Gasteiger partial charge in [-0.2, -0.15) is 0 Å². The Morgan fingerprint density at radius 2 is 2.10 bits per heavy atom. The summed E-state index contributed by atoms with van der Waals surface area (Å²) in [6.07, 6.45) is 5.81. The number of hydrogen-bond acceptors (Lipinski definition) is 5. The van der Waals surface area contributed by atoms with Gasteiger partial charge in [-0.3, -0.25) is 19.9 Å². The molecule has 1 aliphatic heterocycles. The number of nitrogens with one attached hydrogen (secondary N) is 1. The van der Waals surface area contributed by atoms with Crippen molar-refractivity contribution < 1.29 is 9.72 Å². The van der Waals surface area contributed by atoms with Gasteiger partial charge in [0, 0.05) is 19.3 Å². The molecule has 0 saturated carbocycles. The standard InChI is InChI=1S/C12H15BrN4O3/c13-9-6-14-7-10(17(19)20)12(9)15-8-11(18)16-4-2-1-3-5-16/h6-7H,1-5,8H2,(H,14,15). The summed E-state index contributed by atoms with van der Waals surface area (Å²) in [4.78, 5) is 28.0.